The summed E-state index contributed by atoms with van der Waals surface area (Å²) in [5, 5.41) is 0. The van der Waals surface area contributed by atoms with Crippen molar-refractivity contribution in [2.45, 2.75) is 26.7 Å². The fourth-order valence-corrected chi connectivity index (χ4v) is 5.64. The van der Waals surface area contributed by atoms with Crippen molar-refractivity contribution in [1.82, 2.24) is 0 Å². The molecule has 2 aliphatic rings. The number of allylic oxidation sites excluding steroid dienone is 10. The molecule has 2 aliphatic carbocycles. The largest absolute Gasteiger partial charge is 0.0959 e. The Labute approximate surface area is 117 Å². The molecule has 0 bridgehead atoms. The monoisotopic (exact) mass is 392 g/mol. The van der Waals surface area contributed by atoms with E-state index in [1.54, 1.807) is 6.66 Å². The SMILES string of the molecule is C1=CC[C]([Hf][C]2=CC=CC2)=C1.C=C(C)C(=C)C. The molecular weight excluding hydrogens is 371 g/mol. The molecule has 0 spiro atoms. The normalized spacial score (nSPS) is 15.9. The molecule has 0 aromatic rings. The summed E-state index contributed by atoms with van der Waals surface area (Å²) in [6.45, 7) is 11.2. The quantitative estimate of drug-likeness (QED) is 0.475. The van der Waals surface area contributed by atoms with Gasteiger partial charge in [0, 0.05) is 0 Å². The van der Waals surface area contributed by atoms with Gasteiger partial charge in [0.25, 0.3) is 0 Å². The number of rotatable bonds is 3. The fraction of sp³-hybridized carbons (Fsp3) is 0.250. The van der Waals surface area contributed by atoms with E-state index < -0.39 is 22.9 Å². The van der Waals surface area contributed by atoms with Crippen LogP contribution >= 0.6 is 0 Å². The van der Waals surface area contributed by atoms with E-state index in [1.165, 1.54) is 12.8 Å². The number of hydrogen-bond acceptors (Lipinski definition) is 0. The Kier molecular flexibility index (Phi) is 6.43. The molecule has 0 saturated heterocycles. The molecule has 0 aliphatic heterocycles. The average molecular weight is 391 g/mol. The van der Waals surface area contributed by atoms with Crippen molar-refractivity contribution < 1.29 is 22.9 Å². The van der Waals surface area contributed by atoms with E-state index in [9.17, 15) is 0 Å². The summed E-state index contributed by atoms with van der Waals surface area (Å²) < 4.78 is 3.50. The average Bonchev–Trinajstić information content (AvgIpc) is 2.92. The minimum absolute atomic E-state index is 0.526. The molecule has 0 aromatic heterocycles. The Balaban J connectivity index is 0.000000209. The zero-order valence-electron chi connectivity index (χ0n) is 10.8. The number of hydrogen-bond donors (Lipinski definition) is 0. The summed E-state index contributed by atoms with van der Waals surface area (Å²) in [4.78, 5) is 0. The van der Waals surface area contributed by atoms with Crippen molar-refractivity contribution in [2.75, 3.05) is 0 Å². The predicted molar refractivity (Wildman–Crippen MR) is 73.3 cm³/mol. The molecule has 0 nitrogen and oxygen atoms in total. The summed E-state index contributed by atoms with van der Waals surface area (Å²) in [6.07, 6.45) is 16.1. The molecule has 0 radical (unpaired) electrons. The van der Waals surface area contributed by atoms with E-state index in [0.717, 1.165) is 11.1 Å². The van der Waals surface area contributed by atoms with Gasteiger partial charge in [-0.1, -0.05) is 24.3 Å². The third-order valence-corrected chi connectivity index (χ3v) is 7.56. The fourth-order valence-electron chi connectivity index (χ4n) is 1.29. The molecular formula is C16H20Hf. The van der Waals surface area contributed by atoms with Gasteiger partial charge in [0.05, 0.1) is 0 Å². The second-order valence-corrected chi connectivity index (χ2v) is 9.85. The Bertz CT molecular complexity index is 377. The zero-order valence-corrected chi connectivity index (χ0v) is 14.4. The zero-order chi connectivity index (χ0) is 12.7. The van der Waals surface area contributed by atoms with Crippen LogP contribution in [0, 0.1) is 0 Å². The van der Waals surface area contributed by atoms with E-state index in [0.29, 0.717) is 0 Å². The molecule has 0 amide bonds. The van der Waals surface area contributed by atoms with Gasteiger partial charge in [-0.05, 0) is 13.8 Å². The van der Waals surface area contributed by atoms with Crippen LogP contribution < -0.4 is 0 Å². The Morgan fingerprint density at radius 3 is 1.59 bits per heavy atom. The first-order valence-electron chi connectivity index (χ1n) is 5.89. The van der Waals surface area contributed by atoms with Crippen molar-refractivity contribution in [2.24, 2.45) is 0 Å². The van der Waals surface area contributed by atoms with Crippen LogP contribution in [0.4, 0.5) is 0 Å². The summed E-state index contributed by atoms with van der Waals surface area (Å²) in [5.41, 5.74) is 2.13. The van der Waals surface area contributed by atoms with Crippen LogP contribution in [0.3, 0.4) is 0 Å². The summed E-state index contributed by atoms with van der Waals surface area (Å²) in [6, 6.07) is 0. The third kappa shape index (κ3) is 5.97. The van der Waals surface area contributed by atoms with Gasteiger partial charge in [0.1, 0.15) is 0 Å². The van der Waals surface area contributed by atoms with Gasteiger partial charge in [0.2, 0.25) is 0 Å². The molecule has 0 N–H and O–H groups in total. The van der Waals surface area contributed by atoms with Gasteiger partial charge in [-0.15, -0.1) is 0 Å². The molecule has 0 fully saturated rings. The van der Waals surface area contributed by atoms with Gasteiger partial charge in [-0.3, -0.25) is 0 Å². The molecule has 88 valence electrons. The minimum atomic E-state index is -0.526. The maximum absolute atomic E-state index is 3.66. The van der Waals surface area contributed by atoms with E-state index in [-0.39, 0.29) is 0 Å². The molecule has 0 atom stereocenters. The Morgan fingerprint density at radius 2 is 1.35 bits per heavy atom. The second kappa shape index (κ2) is 7.60. The Morgan fingerprint density at radius 1 is 0.941 bits per heavy atom. The maximum atomic E-state index is 3.66. The molecule has 0 unspecified atom stereocenters. The van der Waals surface area contributed by atoms with Crippen LogP contribution in [0.5, 0.6) is 0 Å². The van der Waals surface area contributed by atoms with Crippen LogP contribution in [-0.4, -0.2) is 0 Å². The smallest absolute Gasteiger partial charge is 0.0401 e. The van der Waals surface area contributed by atoms with E-state index in [4.69, 9.17) is 0 Å². The molecule has 17 heavy (non-hydrogen) atoms. The van der Waals surface area contributed by atoms with Gasteiger partial charge in [-0.2, -0.15) is 0 Å². The van der Waals surface area contributed by atoms with Gasteiger partial charge in [-0.25, -0.2) is 0 Å². The predicted octanol–water partition coefficient (Wildman–Crippen LogP) is 4.90. The first-order valence-corrected chi connectivity index (χ1v) is 9.48. The van der Waals surface area contributed by atoms with Gasteiger partial charge < -0.3 is 0 Å². The van der Waals surface area contributed by atoms with Crippen LogP contribution in [0.1, 0.15) is 26.7 Å². The van der Waals surface area contributed by atoms with Gasteiger partial charge >= 0.3 is 78.9 Å². The molecule has 0 heterocycles. The molecule has 0 saturated carbocycles. The maximum Gasteiger partial charge on any atom is -0.0401 e. The summed E-state index contributed by atoms with van der Waals surface area (Å²) >= 11 is -0.526. The van der Waals surface area contributed by atoms with E-state index in [2.05, 4.69) is 49.6 Å². The van der Waals surface area contributed by atoms with Crippen LogP contribution in [0.15, 0.2) is 67.4 Å². The molecule has 1 heteroatoms. The van der Waals surface area contributed by atoms with E-state index >= 15 is 0 Å². The third-order valence-electron chi connectivity index (χ3n) is 2.59. The van der Waals surface area contributed by atoms with Crippen LogP contribution in [-0.2, 0) is 22.9 Å². The first kappa shape index (κ1) is 14.4. The van der Waals surface area contributed by atoms with E-state index in [1.807, 2.05) is 13.8 Å². The molecule has 2 rings (SSSR count). The van der Waals surface area contributed by atoms with Crippen molar-refractivity contribution in [3.05, 3.63) is 67.4 Å². The second-order valence-electron chi connectivity index (χ2n) is 4.33. The summed E-state index contributed by atoms with van der Waals surface area (Å²) in [7, 11) is 0. The van der Waals surface area contributed by atoms with Crippen molar-refractivity contribution in [3.63, 3.8) is 0 Å². The topological polar surface area (TPSA) is 0 Å². The van der Waals surface area contributed by atoms with Crippen LogP contribution in [0.2, 0.25) is 0 Å². The van der Waals surface area contributed by atoms with Gasteiger partial charge in [0.15, 0.2) is 0 Å². The minimum Gasteiger partial charge on any atom is -0.0959 e. The standard InChI is InChI=1S/C6H10.2C5H5.Hf/c1-5(2)6(3)4;2*1-2-4-5-3-1;/h1,3H2,2,4H3;2*1-3H,4H2;. The van der Waals surface area contributed by atoms with Crippen molar-refractivity contribution in [1.29, 1.82) is 0 Å². The summed E-state index contributed by atoms with van der Waals surface area (Å²) in [5.74, 6) is 0. The van der Waals surface area contributed by atoms with Crippen LogP contribution in [0.25, 0.3) is 0 Å². The Hall–Kier alpha value is -0.690. The molecule has 0 aromatic carbocycles. The first-order chi connectivity index (χ1) is 8.09. The van der Waals surface area contributed by atoms with Crippen molar-refractivity contribution in [3.8, 4) is 0 Å². The van der Waals surface area contributed by atoms with Crippen molar-refractivity contribution >= 4 is 0 Å².